The summed E-state index contributed by atoms with van der Waals surface area (Å²) in [7, 11) is 6.36. The van der Waals surface area contributed by atoms with Gasteiger partial charge in [0.15, 0.2) is 0 Å². The van der Waals surface area contributed by atoms with Crippen LogP contribution < -0.4 is 5.32 Å². The van der Waals surface area contributed by atoms with Gasteiger partial charge in [-0.15, -0.1) is 0 Å². The lowest BCUT2D eigenvalue weighted by Gasteiger charge is -2.39. The molecule has 0 atom stereocenters. The summed E-state index contributed by atoms with van der Waals surface area (Å²) in [5, 5.41) is 14.6. The molecule has 6 nitrogen and oxygen atoms in total. The lowest BCUT2D eigenvalue weighted by molar-refractivity contribution is 0.157. The van der Waals surface area contributed by atoms with Crippen molar-refractivity contribution in [2.24, 2.45) is 0 Å². The van der Waals surface area contributed by atoms with E-state index < -0.39 is 0 Å². The van der Waals surface area contributed by atoms with Gasteiger partial charge in [0.2, 0.25) is 0 Å². The summed E-state index contributed by atoms with van der Waals surface area (Å²) < 4.78 is 0. The van der Waals surface area contributed by atoms with E-state index in [1.54, 1.807) is 0 Å². The standard InChI is InChI=1S/C28H36N6/c1-33(2)19-9-18-30-27-24-12-7-8-13-25(24)31-26(32-27)20-34(3)23-14-16-28(21-29,17-15-23)22-10-5-4-6-11-22/h4-8,10-13,23H,9,14-20H2,1-3H3,(H,30,31,32). The SMILES string of the molecule is CN(C)CCCNc1nc(CN(C)C2CCC(C#N)(c3ccccc3)CC2)nc2ccccc12. The number of hydrogen-bond acceptors (Lipinski definition) is 6. The van der Waals surface area contributed by atoms with E-state index in [9.17, 15) is 5.26 Å². The van der Waals surface area contributed by atoms with Crippen molar-refractivity contribution in [3.8, 4) is 6.07 Å². The van der Waals surface area contributed by atoms with Crippen LogP contribution in [0.25, 0.3) is 10.9 Å². The molecule has 1 aliphatic carbocycles. The fourth-order valence-electron chi connectivity index (χ4n) is 5.04. The molecule has 1 heterocycles. The highest BCUT2D eigenvalue weighted by atomic mass is 15.2. The van der Waals surface area contributed by atoms with Gasteiger partial charge in [-0.05, 0) is 77.5 Å². The number of benzene rings is 2. The van der Waals surface area contributed by atoms with Gasteiger partial charge in [0.05, 0.1) is 23.5 Å². The summed E-state index contributed by atoms with van der Waals surface area (Å²) in [4.78, 5) is 14.3. The zero-order valence-electron chi connectivity index (χ0n) is 20.7. The largest absolute Gasteiger partial charge is 0.369 e. The minimum absolute atomic E-state index is 0.359. The van der Waals surface area contributed by atoms with Crippen molar-refractivity contribution in [1.82, 2.24) is 19.8 Å². The number of nitrogens with one attached hydrogen (secondary N) is 1. The molecule has 4 rings (SSSR count). The Labute approximate surface area is 203 Å². The van der Waals surface area contributed by atoms with Crippen LogP contribution in [-0.2, 0) is 12.0 Å². The van der Waals surface area contributed by atoms with Crippen molar-refractivity contribution in [2.75, 3.05) is 39.5 Å². The Hall–Kier alpha value is -3.01. The van der Waals surface area contributed by atoms with Gasteiger partial charge in [0.25, 0.3) is 0 Å². The van der Waals surface area contributed by atoms with Crippen molar-refractivity contribution in [2.45, 2.75) is 50.1 Å². The molecule has 178 valence electrons. The average molecular weight is 457 g/mol. The van der Waals surface area contributed by atoms with E-state index in [2.05, 4.69) is 66.6 Å². The van der Waals surface area contributed by atoms with Crippen molar-refractivity contribution in [3.63, 3.8) is 0 Å². The number of nitrogens with zero attached hydrogens (tertiary/aromatic N) is 5. The third-order valence-corrected chi connectivity index (χ3v) is 7.09. The van der Waals surface area contributed by atoms with Gasteiger partial charge in [0, 0.05) is 18.0 Å². The van der Waals surface area contributed by atoms with Crippen LogP contribution in [0, 0.1) is 11.3 Å². The molecule has 0 bridgehead atoms. The van der Waals surface area contributed by atoms with Gasteiger partial charge >= 0.3 is 0 Å². The lowest BCUT2D eigenvalue weighted by Crippen LogP contribution is -2.40. The second kappa shape index (κ2) is 10.9. The lowest BCUT2D eigenvalue weighted by atomic mass is 9.69. The van der Waals surface area contributed by atoms with Gasteiger partial charge in [-0.25, -0.2) is 9.97 Å². The number of rotatable bonds is 9. The molecule has 1 aliphatic rings. The van der Waals surface area contributed by atoms with Crippen molar-refractivity contribution < 1.29 is 0 Å². The third-order valence-electron chi connectivity index (χ3n) is 7.09. The molecule has 1 saturated carbocycles. The van der Waals surface area contributed by atoms with Crippen molar-refractivity contribution in [3.05, 3.63) is 66.0 Å². The van der Waals surface area contributed by atoms with Crippen LogP contribution in [0.1, 0.15) is 43.5 Å². The molecule has 1 N–H and O–H groups in total. The molecule has 1 aromatic heterocycles. The molecule has 0 unspecified atom stereocenters. The van der Waals surface area contributed by atoms with Crippen LogP contribution in [0.15, 0.2) is 54.6 Å². The quantitative estimate of drug-likeness (QED) is 0.465. The molecular weight excluding hydrogens is 420 g/mol. The molecule has 0 spiro atoms. The second-order valence-electron chi connectivity index (χ2n) is 9.80. The molecule has 0 saturated heterocycles. The summed E-state index contributed by atoms with van der Waals surface area (Å²) in [5.41, 5.74) is 1.77. The number of aromatic nitrogens is 2. The summed E-state index contributed by atoms with van der Waals surface area (Å²) in [5.74, 6) is 1.76. The zero-order chi connectivity index (χ0) is 24.0. The Morgan fingerprint density at radius 1 is 1.00 bits per heavy atom. The third kappa shape index (κ3) is 5.55. The average Bonchev–Trinajstić information content (AvgIpc) is 2.87. The number of anilines is 1. The fraction of sp³-hybridized carbons (Fsp3) is 0.464. The monoisotopic (exact) mass is 456 g/mol. The van der Waals surface area contributed by atoms with Gasteiger partial charge < -0.3 is 10.2 Å². The maximum Gasteiger partial charge on any atom is 0.145 e. The van der Waals surface area contributed by atoms with Crippen molar-refractivity contribution >= 4 is 16.7 Å². The van der Waals surface area contributed by atoms with Crippen LogP contribution in [0.3, 0.4) is 0 Å². The molecule has 1 fully saturated rings. The fourth-order valence-corrected chi connectivity index (χ4v) is 5.04. The van der Waals surface area contributed by atoms with Gasteiger partial charge in [-0.3, -0.25) is 4.90 Å². The van der Waals surface area contributed by atoms with Crippen LogP contribution >= 0.6 is 0 Å². The van der Waals surface area contributed by atoms with E-state index in [1.165, 1.54) is 0 Å². The minimum atomic E-state index is -0.359. The summed E-state index contributed by atoms with van der Waals surface area (Å²) in [6.07, 6.45) is 4.84. The molecule has 3 aromatic rings. The Morgan fingerprint density at radius 3 is 2.41 bits per heavy atom. The Morgan fingerprint density at radius 2 is 1.71 bits per heavy atom. The van der Waals surface area contributed by atoms with E-state index in [4.69, 9.17) is 9.97 Å². The zero-order valence-corrected chi connectivity index (χ0v) is 20.7. The van der Waals surface area contributed by atoms with E-state index in [1.807, 2.05) is 30.3 Å². The second-order valence-corrected chi connectivity index (χ2v) is 9.80. The first-order valence-corrected chi connectivity index (χ1v) is 12.3. The van der Waals surface area contributed by atoms with Gasteiger partial charge in [-0.2, -0.15) is 5.26 Å². The van der Waals surface area contributed by atoms with E-state index in [0.717, 1.165) is 73.3 Å². The van der Waals surface area contributed by atoms with Crippen LogP contribution in [-0.4, -0.2) is 60.0 Å². The first-order valence-electron chi connectivity index (χ1n) is 12.3. The van der Waals surface area contributed by atoms with Crippen LogP contribution in [0.5, 0.6) is 0 Å². The highest BCUT2D eigenvalue weighted by molar-refractivity contribution is 5.88. The summed E-state index contributed by atoms with van der Waals surface area (Å²) in [6, 6.07) is 21.6. The maximum atomic E-state index is 10.0. The predicted molar refractivity (Wildman–Crippen MR) is 139 cm³/mol. The number of para-hydroxylation sites is 1. The van der Waals surface area contributed by atoms with Crippen LogP contribution in [0.4, 0.5) is 5.82 Å². The van der Waals surface area contributed by atoms with E-state index in [-0.39, 0.29) is 5.41 Å². The highest BCUT2D eigenvalue weighted by Gasteiger charge is 2.38. The molecular formula is C28H36N6. The van der Waals surface area contributed by atoms with Gasteiger partial charge in [0.1, 0.15) is 11.6 Å². The van der Waals surface area contributed by atoms with Gasteiger partial charge in [-0.1, -0.05) is 42.5 Å². The first-order chi connectivity index (χ1) is 16.5. The Bertz CT molecular complexity index is 1110. The number of fused-ring (bicyclic) bond motifs is 1. The topological polar surface area (TPSA) is 68.1 Å². The Balaban J connectivity index is 1.44. The number of nitriles is 1. The van der Waals surface area contributed by atoms with Crippen LogP contribution in [0.2, 0.25) is 0 Å². The molecule has 0 radical (unpaired) electrons. The molecule has 2 aromatic carbocycles. The summed E-state index contributed by atoms with van der Waals surface area (Å²) >= 11 is 0. The predicted octanol–water partition coefficient (Wildman–Crippen LogP) is 4.83. The molecule has 6 heteroatoms. The minimum Gasteiger partial charge on any atom is -0.369 e. The maximum absolute atomic E-state index is 10.0. The normalized spacial score (nSPS) is 20.5. The molecule has 34 heavy (non-hydrogen) atoms. The number of hydrogen-bond donors (Lipinski definition) is 1. The smallest absolute Gasteiger partial charge is 0.145 e. The van der Waals surface area contributed by atoms with Crippen molar-refractivity contribution in [1.29, 1.82) is 5.26 Å². The van der Waals surface area contributed by atoms with E-state index in [0.29, 0.717) is 12.6 Å². The first kappa shape index (κ1) is 24.1. The van der Waals surface area contributed by atoms with E-state index >= 15 is 0 Å². The molecule has 0 aliphatic heterocycles. The highest BCUT2D eigenvalue weighted by Crippen LogP contribution is 2.40. The molecule has 0 amide bonds. The Kier molecular flexibility index (Phi) is 7.77. The summed E-state index contributed by atoms with van der Waals surface area (Å²) in [6.45, 7) is 2.63.